The SMILES string of the molecule is C#CCN1CCN(C(=O)CCn2c(=O)oc3ccccc32)CC1. The fraction of sp³-hybridized carbons (Fsp3) is 0.412. The Morgan fingerprint density at radius 3 is 2.70 bits per heavy atom. The van der Waals surface area contributed by atoms with Crippen molar-refractivity contribution in [3.8, 4) is 12.3 Å². The average molecular weight is 313 g/mol. The second-order valence-electron chi connectivity index (χ2n) is 5.60. The molecule has 1 aliphatic rings. The lowest BCUT2D eigenvalue weighted by molar-refractivity contribution is -0.133. The summed E-state index contributed by atoms with van der Waals surface area (Å²) in [5.41, 5.74) is 1.27. The van der Waals surface area contributed by atoms with Crippen molar-refractivity contribution in [2.24, 2.45) is 0 Å². The van der Waals surface area contributed by atoms with E-state index < -0.39 is 5.76 Å². The lowest BCUT2D eigenvalue weighted by Gasteiger charge is -2.33. The summed E-state index contributed by atoms with van der Waals surface area (Å²) in [4.78, 5) is 28.2. The predicted octanol–water partition coefficient (Wildman–Crippen LogP) is 0.762. The van der Waals surface area contributed by atoms with Crippen LogP contribution in [0, 0.1) is 12.3 Å². The zero-order valence-electron chi connectivity index (χ0n) is 12.9. The summed E-state index contributed by atoms with van der Waals surface area (Å²) in [6, 6.07) is 7.24. The molecule has 6 nitrogen and oxygen atoms in total. The van der Waals surface area contributed by atoms with Crippen molar-refractivity contribution < 1.29 is 9.21 Å². The molecule has 0 aliphatic carbocycles. The van der Waals surface area contributed by atoms with Crippen LogP contribution in [0.25, 0.3) is 11.1 Å². The summed E-state index contributed by atoms with van der Waals surface area (Å²) in [6.07, 6.45) is 5.59. The van der Waals surface area contributed by atoms with E-state index in [1.165, 1.54) is 4.57 Å². The summed E-state index contributed by atoms with van der Waals surface area (Å²) < 4.78 is 6.69. The number of benzene rings is 1. The molecule has 1 aromatic carbocycles. The Kier molecular flexibility index (Phi) is 4.49. The van der Waals surface area contributed by atoms with Gasteiger partial charge in [0, 0.05) is 39.1 Å². The molecule has 6 heteroatoms. The van der Waals surface area contributed by atoms with Crippen molar-refractivity contribution in [2.75, 3.05) is 32.7 Å². The maximum atomic E-state index is 12.3. The van der Waals surface area contributed by atoms with Crippen LogP contribution in [0.4, 0.5) is 0 Å². The van der Waals surface area contributed by atoms with Crippen LogP contribution in [0.3, 0.4) is 0 Å². The molecule has 1 aliphatic heterocycles. The highest BCUT2D eigenvalue weighted by Crippen LogP contribution is 2.12. The van der Waals surface area contributed by atoms with E-state index in [0.717, 1.165) is 18.6 Å². The van der Waals surface area contributed by atoms with Gasteiger partial charge in [0.25, 0.3) is 0 Å². The third kappa shape index (κ3) is 3.30. The number of terminal acetylenes is 1. The van der Waals surface area contributed by atoms with E-state index in [1.807, 2.05) is 23.1 Å². The number of oxazole rings is 1. The summed E-state index contributed by atoms with van der Waals surface area (Å²) >= 11 is 0. The van der Waals surface area contributed by atoms with E-state index in [0.29, 0.717) is 38.2 Å². The highest BCUT2D eigenvalue weighted by molar-refractivity contribution is 5.77. The fourth-order valence-electron chi connectivity index (χ4n) is 2.88. The number of hydrogen-bond acceptors (Lipinski definition) is 4. The van der Waals surface area contributed by atoms with Crippen molar-refractivity contribution in [1.82, 2.24) is 14.4 Å². The van der Waals surface area contributed by atoms with Crippen molar-refractivity contribution in [1.29, 1.82) is 0 Å². The molecule has 0 unspecified atom stereocenters. The van der Waals surface area contributed by atoms with Crippen molar-refractivity contribution >= 4 is 17.0 Å². The fourth-order valence-corrected chi connectivity index (χ4v) is 2.88. The first-order valence-electron chi connectivity index (χ1n) is 7.71. The number of aromatic nitrogens is 1. The molecule has 3 rings (SSSR count). The summed E-state index contributed by atoms with van der Waals surface area (Å²) in [6.45, 7) is 3.91. The minimum atomic E-state index is -0.419. The van der Waals surface area contributed by atoms with E-state index in [4.69, 9.17) is 10.8 Å². The maximum absolute atomic E-state index is 12.3. The van der Waals surface area contributed by atoms with Crippen LogP contribution in [0.15, 0.2) is 33.5 Å². The van der Waals surface area contributed by atoms with E-state index in [1.54, 1.807) is 6.07 Å². The number of nitrogens with zero attached hydrogens (tertiary/aromatic N) is 3. The van der Waals surface area contributed by atoms with Gasteiger partial charge in [0.2, 0.25) is 5.91 Å². The molecule has 120 valence electrons. The lowest BCUT2D eigenvalue weighted by atomic mass is 10.2. The minimum absolute atomic E-state index is 0.0579. The molecule has 2 aromatic rings. The molecule has 1 saturated heterocycles. The van der Waals surface area contributed by atoms with Gasteiger partial charge in [0.05, 0.1) is 12.1 Å². The van der Waals surface area contributed by atoms with E-state index in [9.17, 15) is 9.59 Å². The predicted molar refractivity (Wildman–Crippen MR) is 86.9 cm³/mol. The van der Waals surface area contributed by atoms with E-state index in [2.05, 4.69) is 10.8 Å². The van der Waals surface area contributed by atoms with Crippen LogP contribution in [-0.4, -0.2) is 53.0 Å². The number of piperazine rings is 1. The maximum Gasteiger partial charge on any atom is 0.419 e. The Hall–Kier alpha value is -2.52. The monoisotopic (exact) mass is 313 g/mol. The molecular weight excluding hydrogens is 294 g/mol. The molecule has 0 bridgehead atoms. The Balaban J connectivity index is 1.60. The summed E-state index contributed by atoms with van der Waals surface area (Å²) in [7, 11) is 0. The molecule has 1 fully saturated rings. The van der Waals surface area contributed by atoms with Crippen LogP contribution < -0.4 is 5.76 Å². The minimum Gasteiger partial charge on any atom is -0.408 e. The number of hydrogen-bond donors (Lipinski definition) is 0. The number of para-hydroxylation sites is 2. The zero-order valence-corrected chi connectivity index (χ0v) is 12.9. The molecule has 0 saturated carbocycles. The van der Waals surface area contributed by atoms with Crippen molar-refractivity contribution in [3.63, 3.8) is 0 Å². The third-order valence-electron chi connectivity index (χ3n) is 4.16. The molecule has 1 aromatic heterocycles. The normalized spacial score (nSPS) is 15.7. The van der Waals surface area contributed by atoms with Crippen LogP contribution in [0.5, 0.6) is 0 Å². The first-order valence-corrected chi connectivity index (χ1v) is 7.71. The van der Waals surface area contributed by atoms with Crippen molar-refractivity contribution in [2.45, 2.75) is 13.0 Å². The Labute approximate surface area is 134 Å². The number of amides is 1. The summed E-state index contributed by atoms with van der Waals surface area (Å²) in [5.74, 6) is 2.26. The lowest BCUT2D eigenvalue weighted by Crippen LogP contribution is -2.48. The smallest absolute Gasteiger partial charge is 0.408 e. The molecule has 2 heterocycles. The number of rotatable bonds is 4. The number of fused-ring (bicyclic) bond motifs is 1. The van der Waals surface area contributed by atoms with Gasteiger partial charge in [-0.05, 0) is 12.1 Å². The summed E-state index contributed by atoms with van der Waals surface area (Å²) in [5, 5.41) is 0. The van der Waals surface area contributed by atoms with Gasteiger partial charge in [-0.15, -0.1) is 6.42 Å². The Bertz CT molecular complexity index is 791. The van der Waals surface area contributed by atoms with Gasteiger partial charge in [0.15, 0.2) is 5.58 Å². The first-order chi connectivity index (χ1) is 11.2. The Morgan fingerprint density at radius 2 is 1.96 bits per heavy atom. The van der Waals surface area contributed by atoms with Gasteiger partial charge in [0.1, 0.15) is 0 Å². The van der Waals surface area contributed by atoms with Crippen LogP contribution >= 0.6 is 0 Å². The third-order valence-corrected chi connectivity index (χ3v) is 4.16. The average Bonchev–Trinajstić information content (AvgIpc) is 2.89. The quantitative estimate of drug-likeness (QED) is 0.782. The molecular formula is C17H19N3O3. The molecule has 23 heavy (non-hydrogen) atoms. The van der Waals surface area contributed by atoms with Crippen LogP contribution in [0.1, 0.15) is 6.42 Å². The highest BCUT2D eigenvalue weighted by atomic mass is 16.4. The molecule has 0 atom stereocenters. The van der Waals surface area contributed by atoms with Gasteiger partial charge >= 0.3 is 5.76 Å². The number of aryl methyl sites for hydroxylation is 1. The first kappa shape index (κ1) is 15.4. The van der Waals surface area contributed by atoms with Crippen LogP contribution in [-0.2, 0) is 11.3 Å². The number of carbonyl (C=O) groups excluding carboxylic acids is 1. The van der Waals surface area contributed by atoms with Crippen molar-refractivity contribution in [3.05, 3.63) is 34.8 Å². The van der Waals surface area contributed by atoms with E-state index >= 15 is 0 Å². The Morgan fingerprint density at radius 1 is 1.22 bits per heavy atom. The standard InChI is InChI=1S/C17H19N3O3/c1-2-8-18-10-12-19(13-11-18)16(21)7-9-20-14-5-3-4-6-15(14)23-17(20)22/h1,3-6H,7-13H2. The highest BCUT2D eigenvalue weighted by Gasteiger charge is 2.20. The molecule has 0 N–H and O–H groups in total. The molecule has 0 spiro atoms. The molecule has 1 amide bonds. The van der Waals surface area contributed by atoms with Gasteiger partial charge < -0.3 is 9.32 Å². The van der Waals surface area contributed by atoms with Crippen LogP contribution in [0.2, 0.25) is 0 Å². The molecule has 0 radical (unpaired) electrons. The largest absolute Gasteiger partial charge is 0.419 e. The van der Waals surface area contributed by atoms with Gasteiger partial charge in [-0.3, -0.25) is 14.3 Å². The number of carbonyl (C=O) groups is 1. The topological polar surface area (TPSA) is 58.7 Å². The van der Waals surface area contributed by atoms with Gasteiger partial charge in [-0.25, -0.2) is 4.79 Å². The van der Waals surface area contributed by atoms with E-state index in [-0.39, 0.29) is 5.91 Å². The van der Waals surface area contributed by atoms with Gasteiger partial charge in [-0.2, -0.15) is 0 Å². The second kappa shape index (κ2) is 6.71. The zero-order chi connectivity index (χ0) is 16.2. The second-order valence-corrected chi connectivity index (χ2v) is 5.60. The van der Waals surface area contributed by atoms with Gasteiger partial charge in [-0.1, -0.05) is 18.1 Å².